The lowest BCUT2D eigenvalue weighted by molar-refractivity contribution is 0.124. The Hall–Kier alpha value is -1.50. The summed E-state index contributed by atoms with van der Waals surface area (Å²) in [5.74, 6) is 1.14. The lowest BCUT2D eigenvalue weighted by atomic mass is 10.1. The maximum atomic E-state index is 10.4. The van der Waals surface area contributed by atoms with Crippen molar-refractivity contribution in [3.8, 4) is 17.2 Å². The first-order valence-corrected chi connectivity index (χ1v) is 10.1. The van der Waals surface area contributed by atoms with Gasteiger partial charge in [-0.25, -0.2) is 0 Å². The molecule has 0 spiro atoms. The monoisotopic (exact) mass is 380 g/mol. The Morgan fingerprint density at radius 1 is 0.963 bits per heavy atom. The number of rotatable bonds is 11. The minimum absolute atomic E-state index is 0.164. The summed E-state index contributed by atoms with van der Waals surface area (Å²) in [6.45, 7) is 7.90. The Morgan fingerprint density at radius 3 is 2.26 bits per heavy atom. The second-order valence-corrected chi connectivity index (χ2v) is 7.48. The number of aromatic hydroxyl groups is 1. The van der Waals surface area contributed by atoms with E-state index in [9.17, 15) is 10.2 Å². The van der Waals surface area contributed by atoms with Crippen LogP contribution in [0.3, 0.4) is 0 Å². The molecule has 1 unspecified atom stereocenters. The van der Waals surface area contributed by atoms with Gasteiger partial charge in [-0.2, -0.15) is 0 Å². The standard InChI is InChI=1S/C21H36N2O4/c1-17(24)8-6-4-5-7-11-22-12-14-23(15-13-22)16-18-9-10-19(26-2)21(27-3)20(18)25/h9-10,17,24-25H,4-8,11-16H2,1-3H3. The first-order valence-electron chi connectivity index (χ1n) is 10.1. The van der Waals surface area contributed by atoms with Crippen LogP contribution in [-0.4, -0.2) is 73.1 Å². The summed E-state index contributed by atoms with van der Waals surface area (Å²) in [4.78, 5) is 4.90. The van der Waals surface area contributed by atoms with Crippen molar-refractivity contribution in [3.05, 3.63) is 17.7 Å². The van der Waals surface area contributed by atoms with E-state index in [0.29, 0.717) is 11.5 Å². The molecule has 0 radical (unpaired) electrons. The quantitative estimate of drug-likeness (QED) is 0.576. The van der Waals surface area contributed by atoms with Gasteiger partial charge >= 0.3 is 0 Å². The van der Waals surface area contributed by atoms with Gasteiger partial charge in [-0.1, -0.05) is 25.3 Å². The molecular weight excluding hydrogens is 344 g/mol. The van der Waals surface area contributed by atoms with Crippen molar-refractivity contribution in [3.63, 3.8) is 0 Å². The van der Waals surface area contributed by atoms with Crippen molar-refractivity contribution in [1.82, 2.24) is 9.80 Å². The summed E-state index contributed by atoms with van der Waals surface area (Å²) in [6.07, 6.45) is 5.57. The molecule has 0 bridgehead atoms. The number of hydrogen-bond donors (Lipinski definition) is 2. The van der Waals surface area contributed by atoms with E-state index in [1.807, 2.05) is 19.1 Å². The Bertz CT molecular complexity index is 557. The first-order chi connectivity index (χ1) is 13.0. The molecule has 1 aromatic carbocycles. The highest BCUT2D eigenvalue weighted by Gasteiger charge is 2.20. The van der Waals surface area contributed by atoms with Crippen LogP contribution in [0.1, 0.15) is 44.6 Å². The van der Waals surface area contributed by atoms with Gasteiger partial charge in [0.2, 0.25) is 5.75 Å². The predicted molar refractivity (Wildman–Crippen MR) is 108 cm³/mol. The average Bonchev–Trinajstić information content (AvgIpc) is 2.67. The number of aliphatic hydroxyl groups is 1. The average molecular weight is 381 g/mol. The van der Waals surface area contributed by atoms with E-state index < -0.39 is 0 Å². The molecule has 27 heavy (non-hydrogen) atoms. The minimum atomic E-state index is -0.164. The molecule has 2 N–H and O–H groups in total. The fourth-order valence-corrected chi connectivity index (χ4v) is 3.62. The first kappa shape index (κ1) is 21.8. The molecule has 1 atom stereocenters. The number of ether oxygens (including phenoxy) is 2. The van der Waals surface area contributed by atoms with E-state index in [4.69, 9.17) is 9.47 Å². The van der Waals surface area contributed by atoms with Gasteiger partial charge in [0.15, 0.2) is 11.5 Å². The number of aliphatic hydroxyl groups excluding tert-OH is 1. The molecule has 6 nitrogen and oxygen atoms in total. The van der Waals surface area contributed by atoms with Gasteiger partial charge in [0, 0.05) is 38.3 Å². The number of piperazine rings is 1. The maximum Gasteiger partial charge on any atom is 0.203 e. The molecule has 1 saturated heterocycles. The van der Waals surface area contributed by atoms with Crippen molar-refractivity contribution < 1.29 is 19.7 Å². The van der Waals surface area contributed by atoms with Crippen LogP contribution >= 0.6 is 0 Å². The fourth-order valence-electron chi connectivity index (χ4n) is 3.62. The largest absolute Gasteiger partial charge is 0.504 e. The lowest BCUT2D eigenvalue weighted by Gasteiger charge is -2.35. The molecule has 0 amide bonds. The number of hydrogen-bond acceptors (Lipinski definition) is 6. The number of phenols is 1. The van der Waals surface area contributed by atoms with Crippen molar-refractivity contribution >= 4 is 0 Å². The van der Waals surface area contributed by atoms with Crippen LogP contribution in [0, 0.1) is 0 Å². The molecule has 6 heteroatoms. The number of methoxy groups -OCH3 is 2. The summed E-state index contributed by atoms with van der Waals surface area (Å²) in [6, 6.07) is 3.76. The van der Waals surface area contributed by atoms with Crippen LogP contribution in [0.5, 0.6) is 17.2 Å². The van der Waals surface area contributed by atoms with Gasteiger partial charge in [-0.15, -0.1) is 0 Å². The van der Waals surface area contributed by atoms with Crippen LogP contribution in [0.15, 0.2) is 12.1 Å². The van der Waals surface area contributed by atoms with Gasteiger partial charge in [-0.05, 0) is 32.4 Å². The summed E-state index contributed by atoms with van der Waals surface area (Å²) in [5.41, 5.74) is 0.874. The highest BCUT2D eigenvalue weighted by molar-refractivity contribution is 5.54. The van der Waals surface area contributed by atoms with Crippen molar-refractivity contribution in [2.45, 2.75) is 51.7 Å². The summed E-state index contributed by atoms with van der Waals surface area (Å²) < 4.78 is 10.5. The van der Waals surface area contributed by atoms with Crippen LogP contribution < -0.4 is 9.47 Å². The normalized spacial score (nSPS) is 17.0. The fraction of sp³-hybridized carbons (Fsp3) is 0.714. The van der Waals surface area contributed by atoms with E-state index >= 15 is 0 Å². The van der Waals surface area contributed by atoms with E-state index in [1.54, 1.807) is 14.2 Å². The summed E-state index contributed by atoms with van der Waals surface area (Å²) in [5, 5.41) is 19.7. The molecule has 0 saturated carbocycles. The molecule has 0 aromatic heterocycles. The Kier molecular flexibility index (Phi) is 9.18. The van der Waals surface area contributed by atoms with Gasteiger partial charge in [0.05, 0.1) is 20.3 Å². The molecule has 1 aromatic rings. The van der Waals surface area contributed by atoms with Crippen LogP contribution in [0.4, 0.5) is 0 Å². The third-order valence-corrected chi connectivity index (χ3v) is 5.31. The summed E-state index contributed by atoms with van der Waals surface area (Å²) >= 11 is 0. The van der Waals surface area contributed by atoms with Crippen molar-refractivity contribution in [2.24, 2.45) is 0 Å². The Labute approximate surface area is 163 Å². The number of benzene rings is 1. The minimum Gasteiger partial charge on any atom is -0.504 e. The van der Waals surface area contributed by atoms with E-state index in [1.165, 1.54) is 19.3 Å². The van der Waals surface area contributed by atoms with Gasteiger partial charge in [-0.3, -0.25) is 4.90 Å². The molecule has 0 aliphatic carbocycles. The zero-order valence-electron chi connectivity index (χ0n) is 17.1. The lowest BCUT2D eigenvalue weighted by Crippen LogP contribution is -2.46. The summed E-state index contributed by atoms with van der Waals surface area (Å²) in [7, 11) is 3.12. The molecule has 1 aliphatic rings. The van der Waals surface area contributed by atoms with Gasteiger partial charge < -0.3 is 24.6 Å². The molecular formula is C21H36N2O4. The van der Waals surface area contributed by atoms with Crippen molar-refractivity contribution in [1.29, 1.82) is 0 Å². The van der Waals surface area contributed by atoms with Crippen LogP contribution in [0.2, 0.25) is 0 Å². The van der Waals surface area contributed by atoms with Gasteiger partial charge in [0.1, 0.15) is 0 Å². The molecule has 1 heterocycles. The highest BCUT2D eigenvalue weighted by atomic mass is 16.5. The number of phenolic OH excluding ortho intramolecular Hbond substituents is 1. The molecule has 2 rings (SSSR count). The smallest absolute Gasteiger partial charge is 0.203 e. The molecule has 154 valence electrons. The van der Waals surface area contributed by atoms with Crippen molar-refractivity contribution in [2.75, 3.05) is 46.9 Å². The highest BCUT2D eigenvalue weighted by Crippen LogP contribution is 2.39. The van der Waals surface area contributed by atoms with E-state index in [2.05, 4.69) is 9.80 Å². The number of unbranched alkanes of at least 4 members (excludes halogenated alkanes) is 3. The maximum absolute atomic E-state index is 10.4. The SMILES string of the molecule is COc1ccc(CN2CCN(CCCCCCC(C)O)CC2)c(O)c1OC. The zero-order chi connectivity index (χ0) is 19.6. The van der Waals surface area contributed by atoms with E-state index in [-0.39, 0.29) is 11.9 Å². The third kappa shape index (κ3) is 6.87. The second kappa shape index (κ2) is 11.4. The molecule has 1 fully saturated rings. The number of nitrogens with zero attached hydrogens (tertiary/aromatic N) is 2. The predicted octanol–water partition coefficient (Wildman–Crippen LogP) is 2.86. The van der Waals surface area contributed by atoms with Gasteiger partial charge in [0.25, 0.3) is 0 Å². The third-order valence-electron chi connectivity index (χ3n) is 5.31. The van der Waals surface area contributed by atoms with Crippen LogP contribution in [-0.2, 0) is 6.54 Å². The zero-order valence-corrected chi connectivity index (χ0v) is 17.1. The van der Waals surface area contributed by atoms with E-state index in [0.717, 1.165) is 57.7 Å². The van der Waals surface area contributed by atoms with Crippen LogP contribution in [0.25, 0.3) is 0 Å². The second-order valence-electron chi connectivity index (χ2n) is 7.48. The Morgan fingerprint density at radius 2 is 1.63 bits per heavy atom. The molecule has 1 aliphatic heterocycles. The Balaban J connectivity index is 1.70. The topological polar surface area (TPSA) is 65.4 Å².